The molecule has 2 N–H and O–H groups in total. The molecule has 0 unspecified atom stereocenters. The molecule has 4 nitrogen and oxygen atoms in total. The maximum absolute atomic E-state index is 5.35. The van der Waals surface area contributed by atoms with E-state index in [0.29, 0.717) is 12.4 Å². The van der Waals surface area contributed by atoms with Gasteiger partial charge in [0.05, 0.1) is 5.75 Å². The first-order chi connectivity index (χ1) is 5.86. The van der Waals surface area contributed by atoms with E-state index >= 15 is 0 Å². The molecule has 0 atom stereocenters. The number of aryl methyl sites for hydroxylation is 1. The highest BCUT2D eigenvalue weighted by molar-refractivity contribution is 7.97. The number of nitrogens with zero attached hydrogens (tertiary/aromatic N) is 2. The molecule has 5 heteroatoms. The molecule has 0 aliphatic rings. The fourth-order valence-electron chi connectivity index (χ4n) is 0.834. The molecule has 0 aliphatic carbocycles. The lowest BCUT2D eigenvalue weighted by Gasteiger charge is -1.88. The summed E-state index contributed by atoms with van der Waals surface area (Å²) in [5, 5.41) is 3.82. The smallest absolute Gasteiger partial charge is 0.236 e. The quantitative estimate of drug-likeness (QED) is 0.739. The number of hydrogen-bond acceptors (Lipinski definition) is 5. The predicted molar refractivity (Wildman–Crippen MR) is 48.9 cm³/mol. The molecule has 68 valence electrons. The summed E-state index contributed by atoms with van der Waals surface area (Å²) in [6, 6.07) is 0. The molecular weight excluding hydrogens is 174 g/mol. The zero-order chi connectivity index (χ0) is 8.81. The molecular formula is C7H13N3OS. The van der Waals surface area contributed by atoms with Crippen molar-refractivity contribution in [1.29, 1.82) is 0 Å². The normalized spacial score (nSPS) is 10.5. The molecule has 0 aliphatic heterocycles. The zero-order valence-corrected chi connectivity index (χ0v) is 7.93. The van der Waals surface area contributed by atoms with Gasteiger partial charge in [-0.1, -0.05) is 5.16 Å². The highest BCUT2D eigenvalue weighted by Crippen LogP contribution is 2.06. The minimum atomic E-state index is 0.673. The van der Waals surface area contributed by atoms with Gasteiger partial charge in [0.25, 0.3) is 0 Å². The standard InChI is InChI=1S/C7H13N3OS/c1-12-5-7-9-6(10-11-7)3-2-4-8/h2-5,8H2,1H3. The average Bonchev–Trinajstić information content (AvgIpc) is 2.50. The summed E-state index contributed by atoms with van der Waals surface area (Å²) in [5.41, 5.74) is 5.35. The van der Waals surface area contributed by atoms with Crippen molar-refractivity contribution in [3.05, 3.63) is 11.7 Å². The van der Waals surface area contributed by atoms with Crippen LogP contribution in [-0.2, 0) is 12.2 Å². The van der Waals surface area contributed by atoms with Crippen molar-refractivity contribution in [2.45, 2.75) is 18.6 Å². The first kappa shape index (κ1) is 9.54. The van der Waals surface area contributed by atoms with Gasteiger partial charge in [-0.25, -0.2) is 0 Å². The van der Waals surface area contributed by atoms with Gasteiger partial charge in [0.15, 0.2) is 5.82 Å². The molecule has 1 rings (SSSR count). The number of nitrogens with two attached hydrogens (primary N) is 1. The Bertz CT molecular complexity index is 226. The Labute approximate surface area is 75.9 Å². The van der Waals surface area contributed by atoms with Crippen LogP contribution in [0.15, 0.2) is 4.52 Å². The van der Waals surface area contributed by atoms with Crippen LogP contribution in [-0.4, -0.2) is 22.9 Å². The van der Waals surface area contributed by atoms with E-state index in [1.807, 2.05) is 6.26 Å². The monoisotopic (exact) mass is 187 g/mol. The summed E-state index contributed by atoms with van der Waals surface area (Å²) < 4.78 is 4.98. The third-order valence-corrected chi connectivity index (χ3v) is 1.92. The van der Waals surface area contributed by atoms with Crippen LogP contribution in [0, 0.1) is 0 Å². The fraction of sp³-hybridized carbons (Fsp3) is 0.714. The van der Waals surface area contributed by atoms with Crippen molar-refractivity contribution in [3.8, 4) is 0 Å². The highest BCUT2D eigenvalue weighted by Gasteiger charge is 2.03. The van der Waals surface area contributed by atoms with Crippen LogP contribution in [0.4, 0.5) is 0 Å². The lowest BCUT2D eigenvalue weighted by atomic mass is 10.3. The number of hydrogen-bond donors (Lipinski definition) is 1. The Morgan fingerprint density at radius 2 is 2.42 bits per heavy atom. The van der Waals surface area contributed by atoms with E-state index in [1.165, 1.54) is 0 Å². The lowest BCUT2D eigenvalue weighted by molar-refractivity contribution is 0.384. The van der Waals surface area contributed by atoms with E-state index in [2.05, 4.69) is 10.1 Å². The first-order valence-corrected chi connectivity index (χ1v) is 5.26. The van der Waals surface area contributed by atoms with Crippen molar-refractivity contribution in [2.24, 2.45) is 5.73 Å². The van der Waals surface area contributed by atoms with E-state index in [0.717, 1.165) is 24.4 Å². The Morgan fingerprint density at radius 3 is 3.08 bits per heavy atom. The fourth-order valence-corrected chi connectivity index (χ4v) is 1.20. The van der Waals surface area contributed by atoms with Crippen LogP contribution in [0.2, 0.25) is 0 Å². The molecule has 12 heavy (non-hydrogen) atoms. The Morgan fingerprint density at radius 1 is 1.58 bits per heavy atom. The van der Waals surface area contributed by atoms with Crippen molar-refractivity contribution in [1.82, 2.24) is 10.1 Å². The van der Waals surface area contributed by atoms with Crippen molar-refractivity contribution >= 4 is 11.8 Å². The summed E-state index contributed by atoms with van der Waals surface area (Å²) >= 11 is 1.67. The van der Waals surface area contributed by atoms with Gasteiger partial charge >= 0.3 is 0 Å². The van der Waals surface area contributed by atoms with Gasteiger partial charge in [-0.2, -0.15) is 16.7 Å². The minimum absolute atomic E-state index is 0.673. The number of rotatable bonds is 5. The summed E-state index contributed by atoms with van der Waals surface area (Å²) in [6.07, 6.45) is 3.73. The molecule has 0 saturated carbocycles. The molecule has 0 aromatic carbocycles. The summed E-state index contributed by atoms with van der Waals surface area (Å²) in [4.78, 5) is 4.18. The van der Waals surface area contributed by atoms with Crippen LogP contribution in [0.25, 0.3) is 0 Å². The molecule has 0 saturated heterocycles. The average molecular weight is 187 g/mol. The highest BCUT2D eigenvalue weighted by atomic mass is 32.2. The molecule has 0 bridgehead atoms. The van der Waals surface area contributed by atoms with Gasteiger partial charge in [-0.3, -0.25) is 0 Å². The summed E-state index contributed by atoms with van der Waals surface area (Å²) in [7, 11) is 0. The Hall–Kier alpha value is -0.550. The van der Waals surface area contributed by atoms with Crippen molar-refractivity contribution in [3.63, 3.8) is 0 Å². The topological polar surface area (TPSA) is 64.9 Å². The van der Waals surface area contributed by atoms with E-state index < -0.39 is 0 Å². The van der Waals surface area contributed by atoms with E-state index in [1.54, 1.807) is 11.8 Å². The molecule has 0 amide bonds. The second-order valence-corrected chi connectivity index (χ2v) is 3.30. The van der Waals surface area contributed by atoms with Gasteiger partial charge in [0.1, 0.15) is 0 Å². The minimum Gasteiger partial charge on any atom is -0.338 e. The van der Waals surface area contributed by atoms with Crippen molar-refractivity contribution in [2.75, 3.05) is 12.8 Å². The van der Waals surface area contributed by atoms with Crippen LogP contribution in [0.5, 0.6) is 0 Å². The van der Waals surface area contributed by atoms with E-state index in [9.17, 15) is 0 Å². The Balaban J connectivity index is 2.41. The number of aromatic nitrogens is 2. The zero-order valence-electron chi connectivity index (χ0n) is 7.12. The number of thioether (sulfide) groups is 1. The first-order valence-electron chi connectivity index (χ1n) is 3.87. The Kier molecular flexibility index (Phi) is 4.10. The van der Waals surface area contributed by atoms with Gasteiger partial charge < -0.3 is 10.3 Å². The lowest BCUT2D eigenvalue weighted by Crippen LogP contribution is -2.01. The summed E-state index contributed by atoms with van der Waals surface area (Å²) in [6.45, 7) is 0.673. The maximum Gasteiger partial charge on any atom is 0.236 e. The second-order valence-electron chi connectivity index (χ2n) is 2.43. The van der Waals surface area contributed by atoms with Gasteiger partial charge in [0.2, 0.25) is 5.89 Å². The van der Waals surface area contributed by atoms with Gasteiger partial charge in [-0.05, 0) is 19.2 Å². The van der Waals surface area contributed by atoms with Crippen LogP contribution in [0.3, 0.4) is 0 Å². The van der Waals surface area contributed by atoms with Crippen LogP contribution in [0.1, 0.15) is 18.1 Å². The largest absolute Gasteiger partial charge is 0.338 e. The molecule has 1 aromatic heterocycles. The molecule has 0 fully saturated rings. The van der Waals surface area contributed by atoms with Crippen LogP contribution < -0.4 is 5.73 Å². The molecule has 0 radical (unpaired) electrons. The van der Waals surface area contributed by atoms with Crippen molar-refractivity contribution < 1.29 is 4.52 Å². The van der Waals surface area contributed by atoms with E-state index in [4.69, 9.17) is 10.3 Å². The third kappa shape index (κ3) is 2.83. The molecule has 1 aromatic rings. The summed E-state index contributed by atoms with van der Waals surface area (Å²) in [5.74, 6) is 2.26. The van der Waals surface area contributed by atoms with E-state index in [-0.39, 0.29) is 0 Å². The molecule has 0 spiro atoms. The predicted octanol–water partition coefficient (Wildman–Crippen LogP) is 0.824. The van der Waals surface area contributed by atoms with Gasteiger partial charge in [0, 0.05) is 6.42 Å². The second kappa shape index (κ2) is 5.16. The SMILES string of the molecule is CSCc1nc(CCCN)no1. The van der Waals surface area contributed by atoms with Gasteiger partial charge in [-0.15, -0.1) is 0 Å². The van der Waals surface area contributed by atoms with Crippen LogP contribution >= 0.6 is 11.8 Å². The third-order valence-electron chi connectivity index (χ3n) is 1.38. The molecule has 1 heterocycles. The maximum atomic E-state index is 5.35.